The van der Waals surface area contributed by atoms with Crippen molar-refractivity contribution >= 4 is 11.8 Å². The predicted octanol–water partition coefficient (Wildman–Crippen LogP) is 4.87. The number of aryl methyl sites for hydroxylation is 1. The van der Waals surface area contributed by atoms with Gasteiger partial charge < -0.3 is 0 Å². The molecule has 0 aliphatic carbocycles. The topological polar surface area (TPSA) is 0 Å². The van der Waals surface area contributed by atoms with Crippen LogP contribution in [0.2, 0.25) is 0 Å². The fraction of sp³-hybridized carbons (Fsp3) is 0.429. The van der Waals surface area contributed by atoms with Gasteiger partial charge in [-0.15, -0.1) is 0 Å². The van der Waals surface area contributed by atoms with E-state index in [0.29, 0.717) is 5.56 Å². The van der Waals surface area contributed by atoms with Crippen LogP contribution in [0.1, 0.15) is 31.9 Å². The van der Waals surface area contributed by atoms with Crippen LogP contribution in [0.4, 0.5) is 13.2 Å². The molecule has 0 nitrogen and oxygen atoms in total. The number of rotatable bonds is 2. The van der Waals surface area contributed by atoms with Gasteiger partial charge in [-0.3, -0.25) is 0 Å². The minimum absolute atomic E-state index is 0.104. The summed E-state index contributed by atoms with van der Waals surface area (Å²) < 4.78 is 37.3. The van der Waals surface area contributed by atoms with Crippen LogP contribution < -0.4 is 0 Å². The maximum absolute atomic E-state index is 12.4. The Morgan fingerprint density at radius 2 is 1.94 bits per heavy atom. The molecule has 0 N–H and O–H groups in total. The first kappa shape index (κ1) is 15.0. The number of alkyl halides is 3. The van der Waals surface area contributed by atoms with E-state index in [4.69, 9.17) is 0 Å². The molecule has 1 rings (SSSR count). The molecule has 0 saturated heterocycles. The van der Waals surface area contributed by atoms with Crippen molar-refractivity contribution in [3.63, 3.8) is 0 Å². The van der Waals surface area contributed by atoms with Crippen molar-refractivity contribution in [3.8, 4) is 11.8 Å². The highest BCUT2D eigenvalue weighted by Gasteiger charge is 2.30. The summed E-state index contributed by atoms with van der Waals surface area (Å²) in [7, 11) is 0. The molecule has 18 heavy (non-hydrogen) atoms. The van der Waals surface area contributed by atoms with E-state index in [2.05, 4.69) is 11.8 Å². The van der Waals surface area contributed by atoms with Crippen LogP contribution in [-0.4, -0.2) is 5.51 Å². The maximum atomic E-state index is 12.4. The van der Waals surface area contributed by atoms with Crippen molar-refractivity contribution in [1.82, 2.24) is 0 Å². The number of halogens is 3. The lowest BCUT2D eigenvalue weighted by Gasteiger charge is -2.09. The Labute approximate surface area is 110 Å². The molecule has 1 aromatic rings. The zero-order chi connectivity index (χ0) is 13.8. The predicted molar refractivity (Wildman–Crippen MR) is 69.4 cm³/mol. The van der Waals surface area contributed by atoms with E-state index in [1.165, 1.54) is 6.07 Å². The summed E-state index contributed by atoms with van der Waals surface area (Å²) >= 11 is -0.104. The SMILES string of the molecule is CCc1ccc(SC(F)(F)F)c(C#CC(C)C)c1. The van der Waals surface area contributed by atoms with Crippen LogP contribution in [0.3, 0.4) is 0 Å². The average Bonchev–Trinajstić information content (AvgIpc) is 2.25. The highest BCUT2D eigenvalue weighted by Crippen LogP contribution is 2.38. The summed E-state index contributed by atoms with van der Waals surface area (Å²) in [4.78, 5) is 0.174. The van der Waals surface area contributed by atoms with Crippen molar-refractivity contribution in [2.75, 3.05) is 0 Å². The molecule has 0 saturated carbocycles. The zero-order valence-corrected chi connectivity index (χ0v) is 11.4. The van der Waals surface area contributed by atoms with Crippen LogP contribution in [0.25, 0.3) is 0 Å². The third-order valence-electron chi connectivity index (χ3n) is 2.17. The first-order chi connectivity index (χ1) is 8.31. The second-order valence-corrected chi connectivity index (χ2v) is 5.26. The second-order valence-electron chi connectivity index (χ2n) is 4.16. The quantitative estimate of drug-likeness (QED) is 0.547. The van der Waals surface area contributed by atoms with Gasteiger partial charge in [0.1, 0.15) is 0 Å². The van der Waals surface area contributed by atoms with E-state index in [-0.39, 0.29) is 22.6 Å². The summed E-state index contributed by atoms with van der Waals surface area (Å²) in [6.07, 6.45) is 0.785. The average molecular weight is 272 g/mol. The van der Waals surface area contributed by atoms with Gasteiger partial charge in [-0.05, 0) is 35.9 Å². The highest BCUT2D eigenvalue weighted by atomic mass is 32.2. The number of thioether (sulfide) groups is 1. The highest BCUT2D eigenvalue weighted by molar-refractivity contribution is 8.00. The molecule has 0 aliphatic rings. The standard InChI is InChI=1S/C14H15F3S/c1-4-11-6-8-13(18-14(15,16)17)12(9-11)7-5-10(2)3/h6,8-10H,4H2,1-3H3. The third kappa shape index (κ3) is 5.05. The van der Waals surface area contributed by atoms with E-state index in [1.54, 1.807) is 12.1 Å². The summed E-state index contributed by atoms with van der Waals surface area (Å²) in [6, 6.07) is 4.96. The summed E-state index contributed by atoms with van der Waals surface area (Å²) in [5.41, 5.74) is -2.82. The van der Waals surface area contributed by atoms with Gasteiger partial charge >= 0.3 is 5.51 Å². The molecular formula is C14H15F3S. The van der Waals surface area contributed by atoms with Crippen molar-refractivity contribution < 1.29 is 13.2 Å². The van der Waals surface area contributed by atoms with Gasteiger partial charge in [0.2, 0.25) is 0 Å². The molecule has 4 heteroatoms. The largest absolute Gasteiger partial charge is 0.446 e. The molecule has 98 valence electrons. The molecule has 0 spiro atoms. The molecule has 0 fully saturated rings. The van der Waals surface area contributed by atoms with Gasteiger partial charge in [0.25, 0.3) is 0 Å². The third-order valence-corrected chi connectivity index (χ3v) is 2.98. The lowest BCUT2D eigenvalue weighted by Crippen LogP contribution is -2.00. The van der Waals surface area contributed by atoms with E-state index < -0.39 is 5.51 Å². The minimum atomic E-state index is -4.28. The van der Waals surface area contributed by atoms with E-state index >= 15 is 0 Å². The number of benzene rings is 1. The van der Waals surface area contributed by atoms with Gasteiger partial charge in [0.05, 0.1) is 0 Å². The smallest absolute Gasteiger partial charge is 0.160 e. The molecular weight excluding hydrogens is 257 g/mol. The monoisotopic (exact) mass is 272 g/mol. The molecule has 0 unspecified atom stereocenters. The van der Waals surface area contributed by atoms with Crippen molar-refractivity contribution in [2.45, 2.75) is 37.6 Å². The summed E-state index contributed by atoms with van der Waals surface area (Å²) in [5, 5.41) is 0. The Hall–Kier alpha value is -1.08. The number of hydrogen-bond acceptors (Lipinski definition) is 1. The lowest BCUT2D eigenvalue weighted by atomic mass is 10.1. The molecule has 0 atom stereocenters. The van der Waals surface area contributed by atoms with Crippen LogP contribution >= 0.6 is 11.8 Å². The van der Waals surface area contributed by atoms with Crippen LogP contribution in [0.15, 0.2) is 23.1 Å². The van der Waals surface area contributed by atoms with Gasteiger partial charge in [-0.1, -0.05) is 38.7 Å². The Morgan fingerprint density at radius 1 is 1.28 bits per heavy atom. The normalized spacial score (nSPS) is 11.3. The fourth-order valence-corrected chi connectivity index (χ4v) is 1.94. The van der Waals surface area contributed by atoms with Gasteiger partial charge in [0.15, 0.2) is 0 Å². The second kappa shape index (κ2) is 6.19. The Bertz CT molecular complexity index is 464. The van der Waals surface area contributed by atoms with Crippen LogP contribution in [0, 0.1) is 17.8 Å². The Balaban J connectivity index is 3.14. The van der Waals surface area contributed by atoms with Crippen LogP contribution in [-0.2, 0) is 6.42 Å². The van der Waals surface area contributed by atoms with Gasteiger partial charge in [-0.2, -0.15) is 13.2 Å². The lowest BCUT2D eigenvalue weighted by molar-refractivity contribution is -0.0328. The molecule has 0 radical (unpaired) electrons. The van der Waals surface area contributed by atoms with Gasteiger partial charge in [0, 0.05) is 16.4 Å². The molecule has 0 aromatic heterocycles. The van der Waals surface area contributed by atoms with Gasteiger partial charge in [-0.25, -0.2) is 0 Å². The molecule has 0 amide bonds. The Morgan fingerprint density at radius 3 is 2.44 bits per heavy atom. The van der Waals surface area contributed by atoms with E-state index in [9.17, 15) is 13.2 Å². The van der Waals surface area contributed by atoms with E-state index in [0.717, 1.165) is 12.0 Å². The first-order valence-electron chi connectivity index (χ1n) is 5.72. The zero-order valence-electron chi connectivity index (χ0n) is 10.6. The van der Waals surface area contributed by atoms with Crippen LogP contribution in [0.5, 0.6) is 0 Å². The first-order valence-corrected chi connectivity index (χ1v) is 6.53. The van der Waals surface area contributed by atoms with Crippen molar-refractivity contribution in [3.05, 3.63) is 29.3 Å². The molecule has 0 aliphatic heterocycles. The minimum Gasteiger partial charge on any atom is -0.160 e. The van der Waals surface area contributed by atoms with Crippen molar-refractivity contribution in [1.29, 1.82) is 0 Å². The van der Waals surface area contributed by atoms with Crippen molar-refractivity contribution in [2.24, 2.45) is 5.92 Å². The molecule has 1 aromatic carbocycles. The summed E-state index contributed by atoms with van der Waals surface area (Å²) in [6.45, 7) is 5.78. The number of hydrogen-bond donors (Lipinski definition) is 0. The fourth-order valence-electron chi connectivity index (χ4n) is 1.33. The molecule has 0 heterocycles. The maximum Gasteiger partial charge on any atom is 0.446 e. The Kier molecular flexibility index (Phi) is 5.15. The molecule has 0 bridgehead atoms. The summed E-state index contributed by atoms with van der Waals surface area (Å²) in [5.74, 6) is 5.89. The van der Waals surface area contributed by atoms with E-state index in [1.807, 2.05) is 20.8 Å².